The monoisotopic (exact) mass is 254 g/mol. The van der Waals surface area contributed by atoms with Gasteiger partial charge >= 0.3 is 12.1 Å². The number of rotatable bonds is 3. The van der Waals surface area contributed by atoms with Gasteiger partial charge in [-0.25, -0.2) is 0 Å². The number of carbonyl (C=O) groups is 1. The molecule has 0 N–H and O–H groups in total. The minimum absolute atomic E-state index is 0.247. The zero-order valence-corrected chi connectivity index (χ0v) is 8.52. The predicted octanol–water partition coefficient (Wildman–Crippen LogP) is 3.08. The Morgan fingerprint density at radius 3 is 1.88 bits per heavy atom. The molecule has 0 atom stereocenters. The molecule has 0 aliphatic carbocycles. The van der Waals surface area contributed by atoms with Crippen molar-refractivity contribution < 1.29 is 31.5 Å². The van der Waals surface area contributed by atoms with E-state index in [-0.39, 0.29) is 5.75 Å². The Morgan fingerprint density at radius 1 is 1.06 bits per heavy atom. The van der Waals surface area contributed by atoms with Crippen LogP contribution >= 0.6 is 0 Å². The van der Waals surface area contributed by atoms with Crippen LogP contribution < -0.4 is 4.74 Å². The van der Waals surface area contributed by atoms with Crippen molar-refractivity contribution in [2.24, 2.45) is 0 Å². The molecule has 2 nitrogen and oxygen atoms in total. The van der Waals surface area contributed by atoms with E-state index >= 15 is 0 Å². The molecule has 0 bridgehead atoms. The van der Waals surface area contributed by atoms with Gasteiger partial charge < -0.3 is 4.74 Å². The number of ketones is 1. The van der Waals surface area contributed by atoms with E-state index in [1.807, 2.05) is 0 Å². The summed E-state index contributed by atoms with van der Waals surface area (Å²) in [7, 11) is 1.29. The van der Waals surface area contributed by atoms with Crippen LogP contribution in [0.4, 0.5) is 22.0 Å². The first-order chi connectivity index (χ1) is 7.70. The molecule has 94 valence electrons. The maximum atomic E-state index is 12.7. The van der Waals surface area contributed by atoms with Crippen molar-refractivity contribution in [3.63, 3.8) is 0 Å². The Morgan fingerprint density at radius 2 is 1.53 bits per heavy atom. The van der Waals surface area contributed by atoms with Crippen molar-refractivity contribution >= 4 is 5.78 Å². The predicted molar refractivity (Wildman–Crippen MR) is 48.3 cm³/mol. The summed E-state index contributed by atoms with van der Waals surface area (Å²) < 4.78 is 65.8. The average Bonchev–Trinajstić information content (AvgIpc) is 2.26. The highest BCUT2D eigenvalue weighted by Crippen LogP contribution is 2.38. The Bertz CT molecular complexity index is 408. The number of hydrogen-bond acceptors (Lipinski definition) is 2. The van der Waals surface area contributed by atoms with E-state index in [0.29, 0.717) is 0 Å². The Labute approximate surface area is 93.0 Å². The zero-order valence-electron chi connectivity index (χ0n) is 8.52. The molecule has 0 amide bonds. The topological polar surface area (TPSA) is 26.3 Å². The second kappa shape index (κ2) is 4.31. The first-order valence-corrected chi connectivity index (χ1v) is 4.33. The van der Waals surface area contributed by atoms with Gasteiger partial charge in [-0.1, -0.05) is 0 Å². The highest BCUT2D eigenvalue weighted by atomic mass is 19.4. The maximum absolute atomic E-state index is 12.7. The van der Waals surface area contributed by atoms with E-state index in [1.54, 1.807) is 0 Å². The summed E-state index contributed by atoms with van der Waals surface area (Å²) in [6.07, 6.45) is -5.90. The molecule has 17 heavy (non-hydrogen) atoms. The van der Waals surface area contributed by atoms with Gasteiger partial charge in [0.1, 0.15) is 5.75 Å². The van der Waals surface area contributed by atoms with E-state index < -0.39 is 23.4 Å². The van der Waals surface area contributed by atoms with E-state index in [1.165, 1.54) is 7.11 Å². The van der Waals surface area contributed by atoms with Crippen LogP contribution in [0.2, 0.25) is 0 Å². The minimum atomic E-state index is -5.90. The third kappa shape index (κ3) is 2.54. The van der Waals surface area contributed by atoms with Gasteiger partial charge in [0.05, 0.1) is 7.11 Å². The molecular formula is C10H7F5O2. The molecule has 0 unspecified atom stereocenters. The van der Waals surface area contributed by atoms with Crippen LogP contribution in [0.1, 0.15) is 10.4 Å². The number of ether oxygens (including phenoxy) is 1. The normalized spacial score (nSPS) is 12.4. The smallest absolute Gasteiger partial charge is 0.461 e. The summed E-state index contributed by atoms with van der Waals surface area (Å²) in [5.41, 5.74) is -0.729. The summed E-state index contributed by atoms with van der Waals surface area (Å²) in [6.45, 7) is 0. The molecule has 0 saturated heterocycles. The van der Waals surface area contributed by atoms with Gasteiger partial charge in [-0.05, 0) is 24.3 Å². The molecule has 0 spiro atoms. The van der Waals surface area contributed by atoms with Crippen molar-refractivity contribution in [1.82, 2.24) is 0 Å². The lowest BCUT2D eigenvalue weighted by atomic mass is 10.1. The number of halogens is 5. The molecule has 1 aromatic carbocycles. The summed E-state index contributed by atoms with van der Waals surface area (Å²) >= 11 is 0. The van der Waals surface area contributed by atoms with Crippen molar-refractivity contribution in [2.75, 3.05) is 7.11 Å². The first kappa shape index (κ1) is 13.4. The van der Waals surface area contributed by atoms with Gasteiger partial charge in [-0.2, -0.15) is 22.0 Å². The zero-order chi connectivity index (χ0) is 13.3. The van der Waals surface area contributed by atoms with Crippen LogP contribution in [-0.2, 0) is 0 Å². The molecule has 0 radical (unpaired) electrons. The van der Waals surface area contributed by atoms with Crippen molar-refractivity contribution in [3.05, 3.63) is 29.8 Å². The Hall–Kier alpha value is -1.66. The molecule has 0 aliphatic rings. The molecule has 0 aliphatic heterocycles. The molecule has 7 heteroatoms. The van der Waals surface area contributed by atoms with E-state index in [9.17, 15) is 26.7 Å². The molecule has 0 aromatic heterocycles. The number of carbonyl (C=O) groups excluding carboxylic acids is 1. The van der Waals surface area contributed by atoms with E-state index in [2.05, 4.69) is 4.74 Å². The SMILES string of the molecule is COc1ccc(C(=O)C(F)(F)C(F)(F)F)cc1. The fourth-order valence-corrected chi connectivity index (χ4v) is 1.05. The lowest BCUT2D eigenvalue weighted by molar-refractivity contribution is -0.255. The summed E-state index contributed by atoms with van der Waals surface area (Å²) in [5.74, 6) is -7.42. The third-order valence-electron chi connectivity index (χ3n) is 1.99. The van der Waals surface area contributed by atoms with Crippen LogP contribution in [0, 0.1) is 0 Å². The summed E-state index contributed by atoms with van der Waals surface area (Å²) in [4.78, 5) is 11.0. The van der Waals surface area contributed by atoms with Gasteiger partial charge in [-0.15, -0.1) is 0 Å². The number of alkyl halides is 5. The second-order valence-corrected chi connectivity index (χ2v) is 3.13. The van der Waals surface area contributed by atoms with Gasteiger partial charge in [0.25, 0.3) is 0 Å². The van der Waals surface area contributed by atoms with Gasteiger partial charge in [-0.3, -0.25) is 4.79 Å². The van der Waals surface area contributed by atoms with Crippen LogP contribution in [0.25, 0.3) is 0 Å². The number of Topliss-reactive ketones (excluding diaryl/α,β-unsaturated/α-hetero) is 1. The third-order valence-corrected chi connectivity index (χ3v) is 1.99. The second-order valence-electron chi connectivity index (χ2n) is 3.13. The molecular weight excluding hydrogens is 247 g/mol. The molecule has 0 heterocycles. The number of benzene rings is 1. The van der Waals surface area contributed by atoms with Gasteiger partial charge in [0.15, 0.2) is 0 Å². The Kier molecular flexibility index (Phi) is 3.40. The fraction of sp³-hybridized carbons (Fsp3) is 0.300. The molecule has 1 aromatic rings. The quantitative estimate of drug-likeness (QED) is 0.612. The largest absolute Gasteiger partial charge is 0.497 e. The van der Waals surface area contributed by atoms with Crippen molar-refractivity contribution in [2.45, 2.75) is 12.1 Å². The minimum Gasteiger partial charge on any atom is -0.497 e. The van der Waals surface area contributed by atoms with Crippen LogP contribution in [0.15, 0.2) is 24.3 Å². The van der Waals surface area contributed by atoms with Gasteiger partial charge in [0, 0.05) is 5.56 Å². The molecule has 0 saturated carbocycles. The lowest BCUT2D eigenvalue weighted by Gasteiger charge is -2.18. The van der Waals surface area contributed by atoms with Crippen molar-refractivity contribution in [3.8, 4) is 5.75 Å². The first-order valence-electron chi connectivity index (χ1n) is 4.33. The highest BCUT2D eigenvalue weighted by molar-refractivity contribution is 6.02. The standard InChI is InChI=1S/C10H7F5O2/c1-17-7-4-2-6(3-5-7)8(16)9(11,12)10(13,14)15/h2-5H,1H3. The van der Waals surface area contributed by atoms with Gasteiger partial charge in [0.2, 0.25) is 5.78 Å². The van der Waals surface area contributed by atoms with E-state index in [0.717, 1.165) is 24.3 Å². The lowest BCUT2D eigenvalue weighted by Crippen LogP contribution is -2.44. The van der Waals surface area contributed by atoms with Crippen molar-refractivity contribution in [1.29, 1.82) is 0 Å². The van der Waals surface area contributed by atoms with Crippen LogP contribution in [0.3, 0.4) is 0 Å². The summed E-state index contributed by atoms with van der Waals surface area (Å²) in [5, 5.41) is 0. The maximum Gasteiger partial charge on any atom is 0.461 e. The van der Waals surface area contributed by atoms with Crippen LogP contribution in [-0.4, -0.2) is 25.0 Å². The van der Waals surface area contributed by atoms with E-state index in [4.69, 9.17) is 0 Å². The molecule has 0 fully saturated rings. The fourth-order valence-electron chi connectivity index (χ4n) is 1.05. The van der Waals surface area contributed by atoms with Crippen LogP contribution in [0.5, 0.6) is 5.75 Å². The summed E-state index contributed by atoms with van der Waals surface area (Å²) in [6, 6.07) is 3.95. The Balaban J connectivity index is 3.04. The highest BCUT2D eigenvalue weighted by Gasteiger charge is 2.63. The average molecular weight is 254 g/mol. The molecule has 1 rings (SSSR count). The number of hydrogen-bond donors (Lipinski definition) is 0. The number of methoxy groups -OCH3 is 1.